The summed E-state index contributed by atoms with van der Waals surface area (Å²) in [6.07, 6.45) is 2.70. The van der Waals surface area contributed by atoms with Crippen molar-refractivity contribution in [2.24, 2.45) is 11.5 Å². The Kier molecular flexibility index (Phi) is 9.18. The minimum atomic E-state index is -0.881. The molecule has 0 radical (unpaired) electrons. The molecule has 2 unspecified atom stereocenters. The Morgan fingerprint density at radius 3 is 2.47 bits per heavy atom. The van der Waals surface area contributed by atoms with Crippen LogP contribution in [0.15, 0.2) is 0 Å². The molecule has 4 N–H and O–H groups in total. The molecule has 6 nitrogen and oxygen atoms in total. The van der Waals surface area contributed by atoms with Crippen LogP contribution in [-0.4, -0.2) is 37.2 Å². The molecule has 0 aliphatic rings. The fraction of sp³-hybridized carbons (Fsp3) is 0.727. The molecule has 0 aliphatic heterocycles. The molecule has 0 aromatic rings. The van der Waals surface area contributed by atoms with Crippen molar-refractivity contribution < 1.29 is 19.1 Å². The van der Waals surface area contributed by atoms with Gasteiger partial charge in [0.05, 0.1) is 0 Å². The first kappa shape index (κ1) is 15.7. The molecule has 0 rings (SSSR count). The van der Waals surface area contributed by atoms with Gasteiger partial charge in [0.1, 0.15) is 12.3 Å². The topological polar surface area (TPSA) is 112 Å². The molecule has 0 aromatic carbocycles. The molecule has 6 heteroatoms. The first-order valence-corrected chi connectivity index (χ1v) is 5.70. The van der Waals surface area contributed by atoms with Crippen LogP contribution >= 0.6 is 0 Å². The summed E-state index contributed by atoms with van der Waals surface area (Å²) in [6.45, 7) is 0.554. The second kappa shape index (κ2) is 9.92. The van der Waals surface area contributed by atoms with Crippen LogP contribution in [0.3, 0.4) is 0 Å². The number of hydrogen-bond donors (Lipinski definition) is 2. The molecule has 0 aliphatic carbocycles. The highest BCUT2D eigenvalue weighted by atomic mass is 16.5. The van der Waals surface area contributed by atoms with Crippen LogP contribution in [0.25, 0.3) is 0 Å². The number of carbonyl (C=O) groups excluding carboxylic acids is 3. The fourth-order valence-corrected chi connectivity index (χ4v) is 1.25. The lowest BCUT2D eigenvalue weighted by Gasteiger charge is -2.15. The van der Waals surface area contributed by atoms with E-state index in [9.17, 15) is 14.4 Å². The molecule has 0 spiro atoms. The van der Waals surface area contributed by atoms with Crippen LogP contribution in [0.2, 0.25) is 0 Å². The summed E-state index contributed by atoms with van der Waals surface area (Å²) in [5, 5.41) is 0. The standard InChI is InChI=1S/C11H20N2O4/c12-6-2-1-5-10(13)11(16)17-9(8-15)4-3-7-14/h7-10H,1-6,12-13H2. The van der Waals surface area contributed by atoms with Gasteiger partial charge in [-0.2, -0.15) is 0 Å². The number of nitrogens with two attached hydrogens (primary N) is 2. The second-order valence-corrected chi connectivity index (χ2v) is 3.75. The Morgan fingerprint density at radius 2 is 1.94 bits per heavy atom. The molecular formula is C11H20N2O4. The summed E-state index contributed by atoms with van der Waals surface area (Å²) >= 11 is 0. The van der Waals surface area contributed by atoms with E-state index in [1.54, 1.807) is 0 Å². The lowest BCUT2D eigenvalue weighted by molar-refractivity contribution is -0.153. The monoisotopic (exact) mass is 244 g/mol. The average Bonchev–Trinajstić information content (AvgIpc) is 2.34. The maximum atomic E-state index is 11.4. The number of ether oxygens (including phenoxy) is 1. The van der Waals surface area contributed by atoms with Crippen LogP contribution in [0.4, 0.5) is 0 Å². The van der Waals surface area contributed by atoms with Crippen molar-refractivity contribution in [2.75, 3.05) is 6.54 Å². The highest BCUT2D eigenvalue weighted by molar-refractivity contribution is 5.77. The molecule has 0 saturated carbocycles. The van der Waals surface area contributed by atoms with Crippen molar-refractivity contribution in [1.82, 2.24) is 0 Å². The van der Waals surface area contributed by atoms with Crippen LogP contribution in [-0.2, 0) is 19.1 Å². The van der Waals surface area contributed by atoms with Gasteiger partial charge in [0, 0.05) is 6.42 Å². The van der Waals surface area contributed by atoms with Gasteiger partial charge in [-0.3, -0.25) is 9.59 Å². The van der Waals surface area contributed by atoms with E-state index >= 15 is 0 Å². The van der Waals surface area contributed by atoms with E-state index in [0.717, 1.165) is 12.8 Å². The lowest BCUT2D eigenvalue weighted by Crippen LogP contribution is -2.35. The minimum absolute atomic E-state index is 0.180. The molecule has 0 saturated heterocycles. The number of hydrogen-bond acceptors (Lipinski definition) is 6. The number of unbranched alkanes of at least 4 members (excludes halogenated alkanes) is 1. The Hall–Kier alpha value is -1.27. The zero-order valence-electron chi connectivity index (χ0n) is 9.84. The van der Waals surface area contributed by atoms with Crippen molar-refractivity contribution in [3.63, 3.8) is 0 Å². The van der Waals surface area contributed by atoms with Gasteiger partial charge in [-0.25, -0.2) is 0 Å². The van der Waals surface area contributed by atoms with Crippen LogP contribution in [0, 0.1) is 0 Å². The number of carbonyl (C=O) groups is 3. The van der Waals surface area contributed by atoms with E-state index < -0.39 is 18.1 Å². The van der Waals surface area contributed by atoms with E-state index in [2.05, 4.69) is 0 Å². The molecule has 0 heterocycles. The zero-order valence-corrected chi connectivity index (χ0v) is 9.84. The summed E-state index contributed by atoms with van der Waals surface area (Å²) in [7, 11) is 0. The van der Waals surface area contributed by atoms with E-state index in [-0.39, 0.29) is 12.8 Å². The average molecular weight is 244 g/mol. The third kappa shape index (κ3) is 7.59. The molecule has 2 atom stereocenters. The highest BCUT2D eigenvalue weighted by Gasteiger charge is 2.19. The third-order valence-electron chi connectivity index (χ3n) is 2.26. The molecule has 17 heavy (non-hydrogen) atoms. The van der Waals surface area contributed by atoms with Gasteiger partial charge >= 0.3 is 5.97 Å². The van der Waals surface area contributed by atoms with Crippen molar-refractivity contribution in [3.05, 3.63) is 0 Å². The normalized spacial score (nSPS) is 13.8. The maximum Gasteiger partial charge on any atom is 0.323 e. The third-order valence-corrected chi connectivity index (χ3v) is 2.26. The van der Waals surface area contributed by atoms with Gasteiger partial charge in [0.2, 0.25) is 0 Å². The molecule has 98 valence electrons. The van der Waals surface area contributed by atoms with Gasteiger partial charge < -0.3 is 21.0 Å². The number of aldehydes is 2. The summed E-state index contributed by atoms with van der Waals surface area (Å²) in [5.74, 6) is -0.606. The van der Waals surface area contributed by atoms with Gasteiger partial charge in [-0.1, -0.05) is 6.42 Å². The molecule has 0 fully saturated rings. The van der Waals surface area contributed by atoms with Gasteiger partial charge in [-0.05, 0) is 25.8 Å². The van der Waals surface area contributed by atoms with Gasteiger partial charge in [0.25, 0.3) is 0 Å². The van der Waals surface area contributed by atoms with Gasteiger partial charge in [-0.15, -0.1) is 0 Å². The summed E-state index contributed by atoms with van der Waals surface area (Å²) in [6, 6.07) is -0.736. The van der Waals surface area contributed by atoms with Crippen LogP contribution in [0.5, 0.6) is 0 Å². The minimum Gasteiger partial charge on any atom is -0.454 e. The predicted octanol–water partition coefficient (Wildman–Crippen LogP) is -0.467. The van der Waals surface area contributed by atoms with E-state index in [1.165, 1.54) is 0 Å². The van der Waals surface area contributed by atoms with Crippen molar-refractivity contribution in [3.8, 4) is 0 Å². The molecule has 0 bridgehead atoms. The smallest absolute Gasteiger partial charge is 0.323 e. The van der Waals surface area contributed by atoms with Crippen LogP contribution < -0.4 is 11.5 Å². The second-order valence-electron chi connectivity index (χ2n) is 3.75. The Bertz CT molecular complexity index is 246. The number of rotatable bonds is 10. The Labute approximate surface area is 101 Å². The Balaban J connectivity index is 3.94. The quantitative estimate of drug-likeness (QED) is 0.305. The van der Waals surface area contributed by atoms with Crippen molar-refractivity contribution in [2.45, 2.75) is 44.2 Å². The number of esters is 1. The van der Waals surface area contributed by atoms with E-state index in [0.29, 0.717) is 25.5 Å². The fourth-order valence-electron chi connectivity index (χ4n) is 1.25. The van der Waals surface area contributed by atoms with Crippen molar-refractivity contribution in [1.29, 1.82) is 0 Å². The SMILES string of the molecule is NCCCCC(N)C(=O)OC(C=O)CCC=O. The molecular weight excluding hydrogens is 224 g/mol. The summed E-state index contributed by atoms with van der Waals surface area (Å²) in [5.41, 5.74) is 10.9. The molecule has 0 aromatic heterocycles. The maximum absolute atomic E-state index is 11.4. The largest absolute Gasteiger partial charge is 0.454 e. The summed E-state index contributed by atoms with van der Waals surface area (Å²) < 4.78 is 4.87. The lowest BCUT2D eigenvalue weighted by atomic mass is 10.1. The molecule has 0 amide bonds. The first-order valence-electron chi connectivity index (χ1n) is 5.70. The predicted molar refractivity (Wildman–Crippen MR) is 62.1 cm³/mol. The van der Waals surface area contributed by atoms with Crippen LogP contribution in [0.1, 0.15) is 32.1 Å². The van der Waals surface area contributed by atoms with Gasteiger partial charge in [0.15, 0.2) is 12.4 Å². The van der Waals surface area contributed by atoms with E-state index in [1.807, 2.05) is 0 Å². The first-order chi connectivity index (χ1) is 8.15. The van der Waals surface area contributed by atoms with E-state index in [4.69, 9.17) is 16.2 Å². The Morgan fingerprint density at radius 1 is 1.24 bits per heavy atom. The summed E-state index contributed by atoms with van der Waals surface area (Å²) in [4.78, 5) is 32.1. The zero-order chi connectivity index (χ0) is 13.1. The van der Waals surface area contributed by atoms with Crippen molar-refractivity contribution >= 4 is 18.5 Å². The highest BCUT2D eigenvalue weighted by Crippen LogP contribution is 2.04.